The smallest absolute Gasteiger partial charge is 0.273 e. The highest BCUT2D eigenvalue weighted by Crippen LogP contribution is 2.32. The molecule has 8 heteroatoms. The average Bonchev–Trinajstić information content (AvgIpc) is 3.59. The first-order valence-electron chi connectivity index (χ1n) is 10.9. The van der Waals surface area contributed by atoms with E-state index >= 15 is 0 Å². The number of benzene rings is 1. The summed E-state index contributed by atoms with van der Waals surface area (Å²) in [5.41, 5.74) is 0.844. The first kappa shape index (κ1) is 21.4. The minimum Gasteiger partial charge on any atom is -0.489 e. The van der Waals surface area contributed by atoms with E-state index in [2.05, 4.69) is 10.5 Å². The van der Waals surface area contributed by atoms with Crippen LogP contribution in [-0.4, -0.2) is 54.2 Å². The molecule has 2 aliphatic rings. The van der Waals surface area contributed by atoms with E-state index in [1.807, 2.05) is 35.2 Å². The van der Waals surface area contributed by atoms with Gasteiger partial charge in [0.1, 0.15) is 18.1 Å². The molecule has 0 bridgehead atoms. The van der Waals surface area contributed by atoms with Crippen molar-refractivity contribution in [3.63, 3.8) is 0 Å². The highest BCUT2D eigenvalue weighted by molar-refractivity contribution is 5.93. The second kappa shape index (κ2) is 9.96. The van der Waals surface area contributed by atoms with Crippen molar-refractivity contribution >= 4 is 11.8 Å². The van der Waals surface area contributed by atoms with Crippen LogP contribution in [0.5, 0.6) is 5.75 Å². The molecule has 0 atom stereocenters. The van der Waals surface area contributed by atoms with E-state index in [1.54, 1.807) is 6.92 Å². The molecule has 2 amide bonds. The average molecular weight is 428 g/mol. The largest absolute Gasteiger partial charge is 0.489 e. The number of amides is 2. The number of carbonyl (C=O) groups excluding carboxylic acids is 2. The van der Waals surface area contributed by atoms with Crippen molar-refractivity contribution in [1.29, 1.82) is 0 Å². The first-order chi connectivity index (χ1) is 15.1. The molecule has 2 fully saturated rings. The molecule has 0 spiro atoms. The number of aryl methyl sites for hydroxylation is 1. The molecule has 0 radical (unpaired) electrons. The molecule has 1 N–H and O–H groups in total. The van der Waals surface area contributed by atoms with Gasteiger partial charge in [-0.15, -0.1) is 0 Å². The van der Waals surface area contributed by atoms with Crippen LogP contribution in [-0.2, 0) is 16.1 Å². The topological polar surface area (TPSA) is 93.9 Å². The van der Waals surface area contributed by atoms with Gasteiger partial charge in [-0.2, -0.15) is 0 Å². The second-order valence-corrected chi connectivity index (χ2v) is 8.07. The number of hydrogen-bond donors (Lipinski definition) is 1. The molecule has 1 saturated carbocycles. The lowest BCUT2D eigenvalue weighted by Crippen LogP contribution is -2.47. The lowest BCUT2D eigenvalue weighted by Gasteiger charge is -2.34. The molecule has 1 aromatic carbocycles. The third-order valence-corrected chi connectivity index (χ3v) is 5.81. The van der Waals surface area contributed by atoms with E-state index in [1.165, 1.54) is 0 Å². The molecular weight excluding hydrogens is 398 g/mol. The Morgan fingerprint density at radius 3 is 2.61 bits per heavy atom. The number of carbonyl (C=O) groups is 2. The van der Waals surface area contributed by atoms with Gasteiger partial charge in [0.05, 0.1) is 5.56 Å². The molecule has 1 aromatic heterocycles. The van der Waals surface area contributed by atoms with Crippen LogP contribution < -0.4 is 10.1 Å². The van der Waals surface area contributed by atoms with Gasteiger partial charge >= 0.3 is 0 Å². The predicted octanol–water partition coefficient (Wildman–Crippen LogP) is 2.71. The van der Waals surface area contributed by atoms with Gasteiger partial charge in [0.2, 0.25) is 5.91 Å². The lowest BCUT2D eigenvalue weighted by molar-refractivity contribution is -0.136. The summed E-state index contributed by atoms with van der Waals surface area (Å²) in [6, 6.07) is 9.57. The Bertz CT molecular complexity index is 888. The zero-order chi connectivity index (χ0) is 21.6. The van der Waals surface area contributed by atoms with Gasteiger partial charge < -0.3 is 24.2 Å². The number of hydrogen-bond acceptors (Lipinski definition) is 6. The van der Waals surface area contributed by atoms with E-state index < -0.39 is 0 Å². The van der Waals surface area contributed by atoms with Gasteiger partial charge in [-0.1, -0.05) is 23.4 Å². The van der Waals surface area contributed by atoms with Crippen LogP contribution in [0.2, 0.25) is 0 Å². The molecule has 166 valence electrons. The predicted molar refractivity (Wildman–Crippen MR) is 113 cm³/mol. The minimum atomic E-state index is -0.325. The Morgan fingerprint density at radius 2 is 1.90 bits per heavy atom. The Labute approximate surface area is 181 Å². The molecule has 2 aromatic rings. The monoisotopic (exact) mass is 427 g/mol. The molecule has 2 heterocycles. The van der Waals surface area contributed by atoms with Crippen LogP contribution in [0.3, 0.4) is 0 Å². The van der Waals surface area contributed by atoms with Crippen LogP contribution in [0.25, 0.3) is 0 Å². The summed E-state index contributed by atoms with van der Waals surface area (Å²) in [5, 5.41) is 6.82. The Kier molecular flexibility index (Phi) is 6.86. The lowest BCUT2D eigenvalue weighted by atomic mass is 10.1. The quantitative estimate of drug-likeness (QED) is 0.661. The third kappa shape index (κ3) is 5.44. The normalized spacial score (nSPS) is 16.7. The Hall–Kier alpha value is -2.87. The summed E-state index contributed by atoms with van der Waals surface area (Å²) in [4.78, 5) is 27.4. The summed E-state index contributed by atoms with van der Waals surface area (Å²) in [6.07, 6.45) is 3.62. The zero-order valence-corrected chi connectivity index (χ0v) is 17.8. The number of ether oxygens (including phenoxy) is 2. The van der Waals surface area contributed by atoms with Gasteiger partial charge in [-0.3, -0.25) is 9.59 Å². The maximum Gasteiger partial charge on any atom is 0.273 e. The summed E-state index contributed by atoms with van der Waals surface area (Å²) in [5.74, 6) is 1.29. The maximum absolute atomic E-state index is 12.8. The minimum absolute atomic E-state index is 0.151. The number of nitrogens with one attached hydrogen (secondary N) is 1. The van der Waals surface area contributed by atoms with E-state index in [4.69, 9.17) is 14.0 Å². The molecular formula is C23H29N3O5. The number of aromatic nitrogens is 1. The molecule has 4 rings (SSSR count). The van der Waals surface area contributed by atoms with E-state index in [9.17, 15) is 9.59 Å². The Morgan fingerprint density at radius 1 is 1.16 bits per heavy atom. The SMILES string of the molecule is Cc1onc(C(=O)NCCN(C(=O)C2CC2)C2CCOCC2)c1COc1ccccc1. The van der Waals surface area contributed by atoms with Crippen molar-refractivity contribution in [1.82, 2.24) is 15.4 Å². The summed E-state index contributed by atoms with van der Waals surface area (Å²) in [7, 11) is 0. The summed E-state index contributed by atoms with van der Waals surface area (Å²) in [6.45, 7) is 4.14. The maximum atomic E-state index is 12.8. The van der Waals surface area contributed by atoms with Crippen molar-refractivity contribution in [2.75, 3.05) is 26.3 Å². The van der Waals surface area contributed by atoms with Gasteiger partial charge in [-0.25, -0.2) is 0 Å². The van der Waals surface area contributed by atoms with Gasteiger partial charge in [0.15, 0.2) is 5.69 Å². The van der Waals surface area contributed by atoms with Gasteiger partial charge in [0.25, 0.3) is 5.91 Å². The van der Waals surface area contributed by atoms with Crippen LogP contribution in [0.1, 0.15) is 47.5 Å². The fourth-order valence-electron chi connectivity index (χ4n) is 3.82. The van der Waals surface area contributed by atoms with Crippen LogP contribution in [0, 0.1) is 12.8 Å². The van der Waals surface area contributed by atoms with Crippen LogP contribution in [0.15, 0.2) is 34.9 Å². The fraction of sp³-hybridized carbons (Fsp3) is 0.522. The van der Waals surface area contributed by atoms with Crippen molar-refractivity contribution in [2.24, 2.45) is 5.92 Å². The van der Waals surface area contributed by atoms with Crippen LogP contribution >= 0.6 is 0 Å². The van der Waals surface area contributed by atoms with Crippen molar-refractivity contribution in [3.8, 4) is 5.75 Å². The summed E-state index contributed by atoms with van der Waals surface area (Å²) >= 11 is 0. The molecule has 1 aliphatic heterocycles. The van der Waals surface area contributed by atoms with Crippen LogP contribution in [0.4, 0.5) is 0 Å². The number of rotatable bonds is 9. The summed E-state index contributed by atoms with van der Waals surface area (Å²) < 4.78 is 16.4. The van der Waals surface area contributed by atoms with E-state index in [-0.39, 0.29) is 36.1 Å². The molecule has 1 aliphatic carbocycles. The van der Waals surface area contributed by atoms with Gasteiger partial charge in [0, 0.05) is 38.3 Å². The molecule has 1 saturated heterocycles. The molecule has 31 heavy (non-hydrogen) atoms. The zero-order valence-electron chi connectivity index (χ0n) is 17.8. The van der Waals surface area contributed by atoms with E-state index in [0.717, 1.165) is 25.7 Å². The Balaban J connectivity index is 1.34. The molecule has 0 unspecified atom stereocenters. The highest BCUT2D eigenvalue weighted by atomic mass is 16.5. The fourth-order valence-corrected chi connectivity index (χ4v) is 3.82. The van der Waals surface area contributed by atoms with Gasteiger partial charge in [-0.05, 0) is 44.7 Å². The van der Waals surface area contributed by atoms with Crippen molar-refractivity contribution in [3.05, 3.63) is 47.3 Å². The number of nitrogens with zero attached hydrogens (tertiary/aromatic N) is 2. The second-order valence-electron chi connectivity index (χ2n) is 8.07. The number of para-hydroxylation sites is 1. The standard InChI is InChI=1S/C23H29N3O5/c1-16-20(15-30-19-5-3-2-4-6-19)21(25-31-16)22(27)24-11-12-26(23(28)17-7-8-17)18-9-13-29-14-10-18/h2-6,17-18H,7-15H2,1H3,(H,24,27). The van der Waals surface area contributed by atoms with Crippen molar-refractivity contribution in [2.45, 2.75) is 45.3 Å². The third-order valence-electron chi connectivity index (χ3n) is 5.81. The molecule has 8 nitrogen and oxygen atoms in total. The first-order valence-corrected chi connectivity index (χ1v) is 10.9. The van der Waals surface area contributed by atoms with Crippen molar-refractivity contribution < 1.29 is 23.6 Å². The van der Waals surface area contributed by atoms with E-state index in [0.29, 0.717) is 43.4 Å². The highest BCUT2D eigenvalue weighted by Gasteiger charge is 2.36.